The van der Waals surface area contributed by atoms with Crippen molar-refractivity contribution in [3.8, 4) is 39.6 Å². The van der Waals surface area contributed by atoms with Gasteiger partial charge in [0.1, 0.15) is 5.82 Å². The molecule has 0 aliphatic carbocycles. The minimum Gasteiger partial charge on any atom is -0.309 e. The number of rotatable bonds is 5. The van der Waals surface area contributed by atoms with Crippen molar-refractivity contribution in [1.82, 2.24) is 18.7 Å². The molecule has 55 heavy (non-hydrogen) atoms. The second-order valence-electron chi connectivity index (χ2n) is 14.4. The Morgan fingerprint density at radius 3 is 1.49 bits per heavy atom. The lowest BCUT2D eigenvalue weighted by atomic mass is 9.96. The van der Waals surface area contributed by atoms with Gasteiger partial charge in [-0.05, 0) is 94.7 Å². The fraction of sp³-hybridized carbons (Fsp3) is 0. The predicted octanol–water partition coefficient (Wildman–Crippen LogP) is 13.1. The number of fused-ring (bicyclic) bond motifs is 4. The molecule has 0 saturated carbocycles. The van der Waals surface area contributed by atoms with Gasteiger partial charge < -0.3 is 9.13 Å². The van der Waals surface area contributed by atoms with Crippen LogP contribution in [0.3, 0.4) is 0 Å². The molecule has 0 spiro atoms. The largest absolute Gasteiger partial charge is 0.309 e. The van der Waals surface area contributed by atoms with E-state index in [2.05, 4.69) is 208 Å². The minimum atomic E-state index is 0.934. The summed E-state index contributed by atoms with van der Waals surface area (Å²) in [7, 11) is 0. The summed E-state index contributed by atoms with van der Waals surface area (Å²) in [6, 6.07) is 70.2. The van der Waals surface area contributed by atoms with E-state index in [0.29, 0.717) is 0 Å². The highest BCUT2D eigenvalue weighted by Crippen LogP contribution is 2.43. The first kappa shape index (κ1) is 30.1. The number of imidazole rings is 1. The SMILES string of the molecule is c1ccc(-n2c(-c3ccc(-c4cc5ccc6cc(-n7c8ccccc8c8ccccc87)cc7c6c5c(c4)n7-c4ccccc4)cc3)nc3ccccc32)cc1. The first-order chi connectivity index (χ1) is 27.3. The number of hydrogen-bond donors (Lipinski definition) is 0. The van der Waals surface area contributed by atoms with E-state index in [1.54, 1.807) is 0 Å². The summed E-state index contributed by atoms with van der Waals surface area (Å²) in [5, 5.41) is 7.59. The molecule has 0 bridgehead atoms. The summed E-state index contributed by atoms with van der Waals surface area (Å²) < 4.78 is 7.15. The average molecular weight is 701 g/mol. The van der Waals surface area contributed by atoms with Crippen LogP contribution in [0.2, 0.25) is 0 Å². The van der Waals surface area contributed by atoms with Gasteiger partial charge in [0, 0.05) is 44.2 Å². The third-order valence-corrected chi connectivity index (χ3v) is 11.4. The fourth-order valence-corrected chi connectivity index (χ4v) is 8.97. The number of hydrogen-bond acceptors (Lipinski definition) is 1. The Bertz CT molecular complexity index is 3350. The van der Waals surface area contributed by atoms with Gasteiger partial charge >= 0.3 is 0 Å². The van der Waals surface area contributed by atoms with E-state index in [1.165, 1.54) is 65.5 Å². The van der Waals surface area contributed by atoms with Crippen LogP contribution in [0.1, 0.15) is 0 Å². The summed E-state index contributed by atoms with van der Waals surface area (Å²) in [5.41, 5.74) is 13.7. The van der Waals surface area contributed by atoms with Crippen LogP contribution in [-0.4, -0.2) is 18.7 Å². The van der Waals surface area contributed by atoms with Crippen LogP contribution in [0.15, 0.2) is 194 Å². The zero-order valence-corrected chi connectivity index (χ0v) is 29.8. The molecule has 0 amide bonds. The first-order valence-electron chi connectivity index (χ1n) is 18.8. The van der Waals surface area contributed by atoms with E-state index in [0.717, 1.165) is 39.5 Å². The van der Waals surface area contributed by atoms with Crippen molar-refractivity contribution in [2.75, 3.05) is 0 Å². The molecule has 12 aromatic rings. The van der Waals surface area contributed by atoms with Gasteiger partial charge in [0.25, 0.3) is 0 Å². The maximum absolute atomic E-state index is 5.11. The van der Waals surface area contributed by atoms with Crippen LogP contribution in [0.5, 0.6) is 0 Å². The zero-order chi connectivity index (χ0) is 36.0. The highest BCUT2D eigenvalue weighted by molar-refractivity contribution is 6.25. The van der Waals surface area contributed by atoms with Crippen LogP contribution in [-0.2, 0) is 0 Å². The van der Waals surface area contributed by atoms with E-state index in [-0.39, 0.29) is 0 Å². The molecule has 256 valence electrons. The van der Waals surface area contributed by atoms with Crippen molar-refractivity contribution >= 4 is 65.4 Å². The van der Waals surface area contributed by atoms with E-state index < -0.39 is 0 Å². The third-order valence-electron chi connectivity index (χ3n) is 11.4. The molecule has 4 nitrogen and oxygen atoms in total. The smallest absolute Gasteiger partial charge is 0.145 e. The Labute approximate surface area is 316 Å². The molecular weight excluding hydrogens is 669 g/mol. The summed E-state index contributed by atoms with van der Waals surface area (Å²) >= 11 is 0. The molecule has 3 aromatic heterocycles. The lowest BCUT2D eigenvalue weighted by Gasteiger charge is -2.12. The van der Waals surface area contributed by atoms with Crippen molar-refractivity contribution in [2.24, 2.45) is 0 Å². The molecule has 3 heterocycles. The second kappa shape index (κ2) is 11.5. The van der Waals surface area contributed by atoms with Crippen molar-refractivity contribution in [1.29, 1.82) is 0 Å². The number of para-hydroxylation sites is 6. The lowest BCUT2D eigenvalue weighted by Crippen LogP contribution is -1.97. The number of aromatic nitrogens is 4. The van der Waals surface area contributed by atoms with Crippen LogP contribution in [0.25, 0.3) is 105 Å². The zero-order valence-electron chi connectivity index (χ0n) is 29.8. The molecule has 0 aliphatic heterocycles. The van der Waals surface area contributed by atoms with Gasteiger partial charge in [0.2, 0.25) is 0 Å². The molecule has 0 fully saturated rings. The molecule has 0 radical (unpaired) electrons. The van der Waals surface area contributed by atoms with Gasteiger partial charge in [-0.3, -0.25) is 4.57 Å². The molecule has 0 N–H and O–H groups in total. The van der Waals surface area contributed by atoms with Gasteiger partial charge in [-0.2, -0.15) is 0 Å². The van der Waals surface area contributed by atoms with E-state index in [9.17, 15) is 0 Å². The Balaban J connectivity index is 1.06. The summed E-state index contributed by atoms with van der Waals surface area (Å²) in [6.07, 6.45) is 0. The van der Waals surface area contributed by atoms with Crippen LogP contribution in [0.4, 0.5) is 0 Å². The Morgan fingerprint density at radius 2 is 0.818 bits per heavy atom. The van der Waals surface area contributed by atoms with Gasteiger partial charge in [0.15, 0.2) is 0 Å². The number of benzene rings is 9. The van der Waals surface area contributed by atoms with E-state index in [4.69, 9.17) is 4.98 Å². The molecule has 9 aromatic carbocycles. The first-order valence-corrected chi connectivity index (χ1v) is 18.8. The summed E-state index contributed by atoms with van der Waals surface area (Å²) in [5.74, 6) is 0.934. The molecule has 0 saturated heterocycles. The van der Waals surface area contributed by atoms with Gasteiger partial charge in [-0.15, -0.1) is 0 Å². The predicted molar refractivity (Wildman–Crippen MR) is 229 cm³/mol. The van der Waals surface area contributed by atoms with Crippen molar-refractivity contribution in [2.45, 2.75) is 0 Å². The van der Waals surface area contributed by atoms with Gasteiger partial charge in [-0.1, -0.05) is 121 Å². The van der Waals surface area contributed by atoms with Gasteiger partial charge in [0.05, 0.1) is 33.1 Å². The Kier molecular flexibility index (Phi) is 6.31. The van der Waals surface area contributed by atoms with E-state index >= 15 is 0 Å². The van der Waals surface area contributed by atoms with Crippen molar-refractivity contribution < 1.29 is 0 Å². The summed E-state index contributed by atoms with van der Waals surface area (Å²) in [4.78, 5) is 5.11. The molecule has 0 aliphatic rings. The molecule has 4 heteroatoms. The monoisotopic (exact) mass is 700 g/mol. The van der Waals surface area contributed by atoms with Crippen LogP contribution >= 0.6 is 0 Å². The molecule has 0 unspecified atom stereocenters. The fourth-order valence-electron chi connectivity index (χ4n) is 8.97. The quantitative estimate of drug-likeness (QED) is 0.164. The molecule has 12 rings (SSSR count). The van der Waals surface area contributed by atoms with E-state index in [1.807, 2.05) is 0 Å². The maximum Gasteiger partial charge on any atom is 0.145 e. The highest BCUT2D eigenvalue weighted by atomic mass is 15.1. The lowest BCUT2D eigenvalue weighted by molar-refractivity contribution is 1.10. The Hall–Kier alpha value is -7.43. The maximum atomic E-state index is 5.11. The van der Waals surface area contributed by atoms with Crippen LogP contribution in [0, 0.1) is 0 Å². The molecular formula is C51H32N4. The van der Waals surface area contributed by atoms with Crippen molar-refractivity contribution in [3.63, 3.8) is 0 Å². The Morgan fingerprint density at radius 1 is 0.309 bits per heavy atom. The third kappa shape index (κ3) is 4.43. The summed E-state index contributed by atoms with van der Waals surface area (Å²) in [6.45, 7) is 0. The highest BCUT2D eigenvalue weighted by Gasteiger charge is 2.21. The van der Waals surface area contributed by atoms with Crippen molar-refractivity contribution in [3.05, 3.63) is 194 Å². The normalized spacial score (nSPS) is 12.0. The standard InChI is InChI=1S/C51H32N4/c1-3-13-38(14-4-1)53-47-31-37(33-23-25-34(26-24-33)51-52-43-19-9-12-22-46(43)55(51)39-15-5-2-6-16-39)29-35-27-28-36-30-40(32-48(53)50(36)49(35)47)54-44-20-10-7-17-41(44)42-18-8-11-21-45(42)54/h1-32H. The van der Waals surface area contributed by atoms with Crippen LogP contribution < -0.4 is 0 Å². The second-order valence-corrected chi connectivity index (χ2v) is 14.4. The number of nitrogens with zero attached hydrogens (tertiary/aromatic N) is 4. The average Bonchev–Trinajstić information content (AvgIpc) is 3.92. The minimum absolute atomic E-state index is 0.934. The molecule has 0 atom stereocenters. The topological polar surface area (TPSA) is 27.7 Å². The van der Waals surface area contributed by atoms with Gasteiger partial charge in [-0.25, -0.2) is 4.98 Å².